The summed E-state index contributed by atoms with van der Waals surface area (Å²) in [5.41, 5.74) is 0.376. The Bertz CT molecular complexity index is 959. The van der Waals surface area contributed by atoms with Gasteiger partial charge in [0, 0.05) is 10.5 Å². The Hall–Kier alpha value is -2.74. The summed E-state index contributed by atoms with van der Waals surface area (Å²) < 4.78 is 38.2. The maximum absolute atomic E-state index is 13.9. The lowest BCUT2D eigenvalue weighted by atomic mass is 10.2. The van der Waals surface area contributed by atoms with E-state index in [1.807, 2.05) is 0 Å². The number of ether oxygens (including phenoxy) is 1. The molecule has 134 valence electrons. The maximum atomic E-state index is 13.9. The average Bonchev–Trinajstić information content (AvgIpc) is 2.96. The van der Waals surface area contributed by atoms with Crippen molar-refractivity contribution in [2.24, 2.45) is 0 Å². The van der Waals surface area contributed by atoms with E-state index in [0.29, 0.717) is 21.5 Å². The zero-order valence-electron chi connectivity index (χ0n) is 13.6. The van der Waals surface area contributed by atoms with Crippen LogP contribution in [0.15, 0.2) is 51.5 Å². The van der Waals surface area contributed by atoms with Gasteiger partial charge in [0.05, 0.1) is 11.3 Å². The Morgan fingerprint density at radius 2 is 2.08 bits per heavy atom. The Morgan fingerprint density at radius 1 is 1.27 bits per heavy atom. The molecule has 1 N–H and O–H groups in total. The van der Waals surface area contributed by atoms with Gasteiger partial charge >= 0.3 is 0 Å². The molecular formula is C18H13BrF2N2O3. The van der Waals surface area contributed by atoms with E-state index in [2.05, 4.69) is 26.4 Å². The highest BCUT2D eigenvalue weighted by molar-refractivity contribution is 9.10. The van der Waals surface area contributed by atoms with Gasteiger partial charge < -0.3 is 14.6 Å². The van der Waals surface area contributed by atoms with E-state index in [9.17, 15) is 13.6 Å². The number of nitrogens with one attached hydrogen (secondary N) is 1. The smallest absolute Gasteiger partial charge is 0.278 e. The summed E-state index contributed by atoms with van der Waals surface area (Å²) in [5, 5.41) is 6.16. The summed E-state index contributed by atoms with van der Waals surface area (Å²) in [6.07, 6.45) is 0. The second kappa shape index (κ2) is 7.65. The molecule has 1 aromatic heterocycles. The Labute approximate surface area is 156 Å². The first-order valence-corrected chi connectivity index (χ1v) is 8.33. The van der Waals surface area contributed by atoms with Gasteiger partial charge in [-0.05, 0) is 37.3 Å². The normalized spacial score (nSPS) is 10.6. The van der Waals surface area contributed by atoms with Crippen molar-refractivity contribution in [3.05, 3.63) is 75.6 Å². The number of hydrogen-bond acceptors (Lipinski definition) is 4. The minimum absolute atomic E-state index is 0.0100. The van der Waals surface area contributed by atoms with Crippen LogP contribution in [-0.4, -0.2) is 11.1 Å². The number of aromatic nitrogens is 1. The quantitative estimate of drug-likeness (QED) is 0.637. The van der Waals surface area contributed by atoms with Crippen LogP contribution < -0.4 is 10.1 Å². The molecule has 8 heteroatoms. The molecule has 5 nitrogen and oxygen atoms in total. The van der Waals surface area contributed by atoms with Gasteiger partial charge in [0.25, 0.3) is 5.91 Å². The molecule has 0 fully saturated rings. The minimum atomic E-state index is -0.638. The molecule has 1 heterocycles. The third-order valence-electron chi connectivity index (χ3n) is 3.56. The predicted molar refractivity (Wildman–Crippen MR) is 94.0 cm³/mol. The van der Waals surface area contributed by atoms with E-state index in [1.165, 1.54) is 30.3 Å². The van der Waals surface area contributed by atoms with Gasteiger partial charge in [-0.1, -0.05) is 27.2 Å². The predicted octanol–water partition coefficient (Wildman–Crippen LogP) is 4.86. The Kier molecular flexibility index (Phi) is 5.32. The topological polar surface area (TPSA) is 64.4 Å². The van der Waals surface area contributed by atoms with Gasteiger partial charge in [-0.25, -0.2) is 8.78 Å². The third kappa shape index (κ3) is 4.08. The summed E-state index contributed by atoms with van der Waals surface area (Å²) in [4.78, 5) is 12.4. The van der Waals surface area contributed by atoms with E-state index in [0.717, 1.165) is 0 Å². The molecule has 0 aliphatic heterocycles. The minimum Gasteiger partial charge on any atom is -0.489 e. The van der Waals surface area contributed by atoms with Crippen molar-refractivity contribution in [3.8, 4) is 5.75 Å². The van der Waals surface area contributed by atoms with Gasteiger partial charge in [0.1, 0.15) is 29.8 Å². The van der Waals surface area contributed by atoms with Gasteiger partial charge in [-0.2, -0.15) is 0 Å². The largest absolute Gasteiger partial charge is 0.489 e. The molecule has 0 saturated carbocycles. The van der Waals surface area contributed by atoms with Crippen molar-refractivity contribution in [1.29, 1.82) is 0 Å². The highest BCUT2D eigenvalue weighted by Gasteiger charge is 2.21. The van der Waals surface area contributed by atoms with E-state index < -0.39 is 17.5 Å². The fourth-order valence-electron chi connectivity index (χ4n) is 2.22. The van der Waals surface area contributed by atoms with Crippen molar-refractivity contribution in [2.45, 2.75) is 13.5 Å². The summed E-state index contributed by atoms with van der Waals surface area (Å²) in [7, 11) is 0. The van der Waals surface area contributed by atoms with Crippen molar-refractivity contribution in [3.63, 3.8) is 0 Å². The summed E-state index contributed by atoms with van der Waals surface area (Å²) in [5.74, 6) is -0.988. The Morgan fingerprint density at radius 3 is 2.81 bits per heavy atom. The molecule has 0 bridgehead atoms. The van der Waals surface area contributed by atoms with Gasteiger partial charge in [0.15, 0.2) is 5.69 Å². The molecule has 1 amide bonds. The van der Waals surface area contributed by atoms with Crippen LogP contribution in [0.4, 0.5) is 14.5 Å². The average molecular weight is 423 g/mol. The van der Waals surface area contributed by atoms with Crippen molar-refractivity contribution < 1.29 is 22.8 Å². The lowest BCUT2D eigenvalue weighted by molar-refractivity contribution is 0.101. The van der Waals surface area contributed by atoms with Crippen LogP contribution in [0.5, 0.6) is 5.75 Å². The number of halogens is 3. The molecule has 0 spiro atoms. The highest BCUT2D eigenvalue weighted by atomic mass is 79.9. The molecule has 0 aliphatic carbocycles. The van der Waals surface area contributed by atoms with E-state index in [4.69, 9.17) is 9.26 Å². The fraction of sp³-hybridized carbons (Fsp3) is 0.111. The second-order valence-corrected chi connectivity index (χ2v) is 6.31. The van der Waals surface area contributed by atoms with Crippen molar-refractivity contribution >= 4 is 27.5 Å². The number of amides is 1. The standard InChI is InChI=1S/C18H13BrF2N2O3/c1-10-14(9-25-13-4-2-3-12(20)8-13)17(23-26-10)18(24)22-16-6-5-11(19)7-15(16)21/h2-8H,9H2,1H3,(H,22,24). The van der Waals surface area contributed by atoms with Gasteiger partial charge in [-0.3, -0.25) is 4.79 Å². The summed E-state index contributed by atoms with van der Waals surface area (Å²) in [6.45, 7) is 1.57. The van der Waals surface area contributed by atoms with Gasteiger partial charge in [-0.15, -0.1) is 0 Å². The number of carbonyl (C=O) groups is 1. The van der Waals surface area contributed by atoms with E-state index >= 15 is 0 Å². The highest BCUT2D eigenvalue weighted by Crippen LogP contribution is 2.22. The molecule has 3 aromatic rings. The van der Waals surface area contributed by atoms with Crippen LogP contribution in [0.1, 0.15) is 21.8 Å². The number of aryl methyl sites for hydroxylation is 1. The molecule has 2 aromatic carbocycles. The molecule has 0 radical (unpaired) electrons. The van der Waals surface area contributed by atoms with Crippen LogP contribution in [0, 0.1) is 18.6 Å². The Balaban J connectivity index is 1.77. The SMILES string of the molecule is Cc1onc(C(=O)Nc2ccc(Br)cc2F)c1COc1cccc(F)c1. The number of benzene rings is 2. The molecule has 26 heavy (non-hydrogen) atoms. The second-order valence-electron chi connectivity index (χ2n) is 5.39. The number of hydrogen-bond donors (Lipinski definition) is 1. The first kappa shape index (κ1) is 18.1. The number of nitrogens with zero attached hydrogens (tertiary/aromatic N) is 1. The first-order valence-electron chi connectivity index (χ1n) is 7.54. The lowest BCUT2D eigenvalue weighted by Gasteiger charge is -2.08. The van der Waals surface area contributed by atoms with Crippen molar-refractivity contribution in [2.75, 3.05) is 5.32 Å². The lowest BCUT2D eigenvalue weighted by Crippen LogP contribution is -2.16. The molecule has 0 atom stereocenters. The third-order valence-corrected chi connectivity index (χ3v) is 4.05. The zero-order valence-corrected chi connectivity index (χ0v) is 15.1. The van der Waals surface area contributed by atoms with Crippen LogP contribution >= 0.6 is 15.9 Å². The molecular weight excluding hydrogens is 410 g/mol. The molecule has 3 rings (SSSR count). The summed E-state index contributed by atoms with van der Waals surface area (Å²) >= 11 is 3.15. The van der Waals surface area contributed by atoms with Crippen LogP contribution in [0.3, 0.4) is 0 Å². The maximum Gasteiger partial charge on any atom is 0.278 e. The van der Waals surface area contributed by atoms with E-state index in [1.54, 1.807) is 19.1 Å². The van der Waals surface area contributed by atoms with E-state index in [-0.39, 0.29) is 18.0 Å². The fourth-order valence-corrected chi connectivity index (χ4v) is 2.56. The first-order chi connectivity index (χ1) is 12.4. The number of carbonyl (C=O) groups excluding carboxylic acids is 1. The van der Waals surface area contributed by atoms with Crippen LogP contribution in [-0.2, 0) is 6.61 Å². The monoisotopic (exact) mass is 422 g/mol. The summed E-state index contributed by atoms with van der Waals surface area (Å²) in [6, 6.07) is 9.87. The molecule has 0 aliphatic rings. The number of anilines is 1. The van der Waals surface area contributed by atoms with Gasteiger partial charge in [0.2, 0.25) is 0 Å². The zero-order chi connectivity index (χ0) is 18.7. The number of rotatable bonds is 5. The molecule has 0 unspecified atom stereocenters. The van der Waals surface area contributed by atoms with Crippen molar-refractivity contribution in [1.82, 2.24) is 5.16 Å². The van der Waals surface area contributed by atoms with Crippen LogP contribution in [0.25, 0.3) is 0 Å². The van der Waals surface area contributed by atoms with Crippen LogP contribution in [0.2, 0.25) is 0 Å². The molecule has 0 saturated heterocycles.